The third-order valence-electron chi connectivity index (χ3n) is 4.94. The van der Waals surface area contributed by atoms with Gasteiger partial charge in [-0.2, -0.15) is 5.26 Å². The summed E-state index contributed by atoms with van der Waals surface area (Å²) >= 11 is 0. The van der Waals surface area contributed by atoms with Crippen LogP contribution in [0.5, 0.6) is 11.5 Å². The van der Waals surface area contributed by atoms with Crippen molar-refractivity contribution < 1.29 is 14.4 Å². The van der Waals surface area contributed by atoms with Crippen LogP contribution in [-0.2, 0) is 0 Å². The number of rotatable bonds is 3. The van der Waals surface area contributed by atoms with Gasteiger partial charge >= 0.3 is 0 Å². The van der Waals surface area contributed by atoms with Gasteiger partial charge in [-0.25, -0.2) is 4.98 Å². The molecule has 2 N–H and O–H groups in total. The Balaban J connectivity index is 1.99. The molecule has 0 atom stereocenters. The topological polar surface area (TPSA) is 124 Å². The molecule has 2 heterocycles. The number of aromatic nitrogens is 1. The Hall–Kier alpha value is -4.12. The van der Waals surface area contributed by atoms with Crippen molar-refractivity contribution in [2.24, 2.45) is 0 Å². The number of fused-ring (bicyclic) bond motifs is 1. The third-order valence-corrected chi connectivity index (χ3v) is 4.94. The van der Waals surface area contributed by atoms with E-state index >= 15 is 0 Å². The fraction of sp³-hybridized carbons (Fsp3) is 0.143. The molecular weight excluding hydrogens is 372 g/mol. The molecule has 4 rings (SSSR count). The highest BCUT2D eigenvalue weighted by Crippen LogP contribution is 2.44. The summed E-state index contributed by atoms with van der Waals surface area (Å²) in [5, 5.41) is 21.3. The highest BCUT2D eigenvalue weighted by Gasteiger charge is 2.27. The molecule has 0 saturated heterocycles. The number of nitro groups is 1. The van der Waals surface area contributed by atoms with Gasteiger partial charge in [-0.3, -0.25) is 10.1 Å². The lowest BCUT2D eigenvalue weighted by molar-refractivity contribution is -0.384. The molecule has 2 aromatic carbocycles. The first kappa shape index (κ1) is 18.3. The predicted molar refractivity (Wildman–Crippen MR) is 106 cm³/mol. The largest absolute Gasteiger partial charge is 0.454 e. The Bertz CT molecular complexity index is 1210. The van der Waals surface area contributed by atoms with Crippen LogP contribution in [0, 0.1) is 35.3 Å². The minimum Gasteiger partial charge on any atom is -0.454 e. The zero-order chi connectivity index (χ0) is 20.7. The third kappa shape index (κ3) is 3.08. The van der Waals surface area contributed by atoms with Crippen molar-refractivity contribution in [1.82, 2.24) is 4.98 Å². The van der Waals surface area contributed by atoms with Gasteiger partial charge < -0.3 is 15.2 Å². The van der Waals surface area contributed by atoms with Crippen LogP contribution in [0.1, 0.15) is 16.7 Å². The van der Waals surface area contributed by atoms with Crippen molar-refractivity contribution in [2.75, 3.05) is 12.5 Å². The normalized spacial score (nSPS) is 11.9. The Morgan fingerprint density at radius 1 is 1.10 bits per heavy atom. The molecule has 8 heteroatoms. The number of aryl methyl sites for hydroxylation is 2. The molecule has 0 unspecified atom stereocenters. The van der Waals surface area contributed by atoms with E-state index in [-0.39, 0.29) is 35.2 Å². The first-order valence-corrected chi connectivity index (χ1v) is 8.75. The predicted octanol–water partition coefficient (Wildman–Crippen LogP) is 4.12. The second-order valence-electron chi connectivity index (χ2n) is 6.71. The summed E-state index contributed by atoms with van der Waals surface area (Å²) in [6, 6.07) is 12.3. The van der Waals surface area contributed by atoms with Gasteiger partial charge in [-0.1, -0.05) is 12.1 Å². The maximum Gasteiger partial charge on any atom is 0.281 e. The molecule has 1 aromatic heterocycles. The monoisotopic (exact) mass is 388 g/mol. The van der Waals surface area contributed by atoms with E-state index in [1.165, 1.54) is 12.1 Å². The van der Waals surface area contributed by atoms with Crippen LogP contribution in [0.2, 0.25) is 0 Å². The van der Waals surface area contributed by atoms with Gasteiger partial charge in [-0.15, -0.1) is 0 Å². The van der Waals surface area contributed by atoms with E-state index in [0.29, 0.717) is 17.0 Å². The van der Waals surface area contributed by atoms with Gasteiger partial charge in [0.2, 0.25) is 6.79 Å². The molecule has 0 saturated carbocycles. The maximum absolute atomic E-state index is 11.7. The average molecular weight is 388 g/mol. The van der Waals surface area contributed by atoms with Crippen molar-refractivity contribution in [1.29, 1.82) is 5.26 Å². The molecule has 29 heavy (non-hydrogen) atoms. The summed E-state index contributed by atoms with van der Waals surface area (Å²) in [4.78, 5) is 15.5. The Morgan fingerprint density at radius 3 is 2.48 bits per heavy atom. The Kier molecular flexibility index (Phi) is 4.28. The van der Waals surface area contributed by atoms with Crippen molar-refractivity contribution in [2.45, 2.75) is 13.8 Å². The molecule has 8 nitrogen and oxygen atoms in total. The zero-order valence-electron chi connectivity index (χ0n) is 15.7. The number of pyridine rings is 1. The Morgan fingerprint density at radius 2 is 1.83 bits per heavy atom. The average Bonchev–Trinajstić information content (AvgIpc) is 3.16. The van der Waals surface area contributed by atoms with Crippen LogP contribution in [0.25, 0.3) is 22.4 Å². The number of anilines is 1. The van der Waals surface area contributed by atoms with E-state index in [0.717, 1.165) is 16.7 Å². The molecule has 144 valence electrons. The van der Waals surface area contributed by atoms with E-state index in [4.69, 9.17) is 15.2 Å². The number of nitrogens with two attached hydrogens (primary N) is 1. The molecule has 1 aliphatic heterocycles. The van der Waals surface area contributed by atoms with Crippen molar-refractivity contribution in [3.63, 3.8) is 0 Å². The van der Waals surface area contributed by atoms with E-state index < -0.39 is 4.92 Å². The molecule has 0 fully saturated rings. The Labute approximate surface area is 166 Å². The fourth-order valence-corrected chi connectivity index (χ4v) is 3.24. The molecule has 0 amide bonds. The van der Waals surface area contributed by atoms with E-state index in [1.54, 1.807) is 6.07 Å². The maximum atomic E-state index is 11.7. The molecule has 1 aliphatic rings. The lowest BCUT2D eigenvalue weighted by Gasteiger charge is -2.12. The fourth-order valence-electron chi connectivity index (χ4n) is 3.24. The van der Waals surface area contributed by atoms with Gasteiger partial charge in [0, 0.05) is 11.1 Å². The summed E-state index contributed by atoms with van der Waals surface area (Å²) in [6.07, 6.45) is 0. The van der Waals surface area contributed by atoms with Crippen LogP contribution in [0.15, 0.2) is 36.4 Å². The molecule has 0 bridgehead atoms. The van der Waals surface area contributed by atoms with Gasteiger partial charge in [-0.05, 0) is 43.2 Å². The molecule has 0 spiro atoms. The lowest BCUT2D eigenvalue weighted by atomic mass is 9.96. The quantitative estimate of drug-likeness (QED) is 0.528. The molecule has 3 aromatic rings. The van der Waals surface area contributed by atoms with Crippen LogP contribution in [0.3, 0.4) is 0 Å². The number of hydrogen-bond donors (Lipinski definition) is 1. The van der Waals surface area contributed by atoms with Crippen molar-refractivity contribution in [3.8, 4) is 40.0 Å². The minimum atomic E-state index is -0.523. The second-order valence-corrected chi connectivity index (χ2v) is 6.71. The van der Waals surface area contributed by atoms with E-state index in [2.05, 4.69) is 4.98 Å². The number of nitrogen functional groups attached to an aromatic ring is 1. The van der Waals surface area contributed by atoms with Crippen LogP contribution >= 0.6 is 0 Å². The summed E-state index contributed by atoms with van der Waals surface area (Å²) in [5.41, 5.74) is 9.97. The van der Waals surface area contributed by atoms with Crippen molar-refractivity contribution in [3.05, 3.63) is 63.2 Å². The van der Waals surface area contributed by atoms with E-state index in [9.17, 15) is 15.4 Å². The van der Waals surface area contributed by atoms with Crippen LogP contribution < -0.4 is 15.2 Å². The van der Waals surface area contributed by atoms with E-state index in [1.807, 2.05) is 38.1 Å². The van der Waals surface area contributed by atoms with Crippen molar-refractivity contribution >= 4 is 11.5 Å². The van der Waals surface area contributed by atoms with Gasteiger partial charge in [0.15, 0.2) is 11.5 Å². The number of benzene rings is 2. The van der Waals surface area contributed by atoms with Crippen LogP contribution in [0.4, 0.5) is 11.5 Å². The van der Waals surface area contributed by atoms with Gasteiger partial charge in [0.1, 0.15) is 17.5 Å². The highest BCUT2D eigenvalue weighted by molar-refractivity contribution is 5.86. The zero-order valence-corrected chi connectivity index (χ0v) is 15.7. The lowest BCUT2D eigenvalue weighted by Crippen LogP contribution is -2.01. The number of ether oxygens (including phenoxy) is 2. The smallest absolute Gasteiger partial charge is 0.281 e. The number of nitriles is 1. The highest BCUT2D eigenvalue weighted by atomic mass is 16.7. The number of hydrogen-bond acceptors (Lipinski definition) is 7. The summed E-state index contributed by atoms with van der Waals surface area (Å²) in [6.45, 7) is 3.96. The number of nitrogens with zero attached hydrogens (tertiary/aromatic N) is 3. The van der Waals surface area contributed by atoms with Crippen LogP contribution in [-0.4, -0.2) is 16.7 Å². The first-order valence-electron chi connectivity index (χ1n) is 8.75. The minimum absolute atomic E-state index is 0.00481. The standard InChI is InChI=1S/C21H16N4O4/c1-11-3-4-13(5-12(11)2)17-6-14(16(9-22)21(23)24-17)15-7-19-20(29-10-28-19)8-18(15)25(26)27/h3-8H,10H2,1-2H3,(H2,23,24). The molecular formula is C21H16N4O4. The van der Waals surface area contributed by atoms with Gasteiger partial charge in [0.05, 0.1) is 22.2 Å². The summed E-state index contributed by atoms with van der Waals surface area (Å²) in [5.74, 6) is 0.665. The summed E-state index contributed by atoms with van der Waals surface area (Å²) in [7, 11) is 0. The summed E-state index contributed by atoms with van der Waals surface area (Å²) < 4.78 is 10.6. The molecule has 0 aliphatic carbocycles. The van der Waals surface area contributed by atoms with Gasteiger partial charge in [0.25, 0.3) is 5.69 Å². The molecule has 0 radical (unpaired) electrons. The SMILES string of the molecule is Cc1ccc(-c2cc(-c3cc4c(cc3[N+](=O)[O-])OCO4)c(C#N)c(N)n2)cc1C. The number of nitro benzene ring substituents is 1. The first-order chi connectivity index (χ1) is 13.9. The second kappa shape index (κ2) is 6.80.